The van der Waals surface area contributed by atoms with E-state index in [9.17, 15) is 14.5 Å². The van der Waals surface area contributed by atoms with Gasteiger partial charge in [-0.15, -0.1) is 0 Å². The van der Waals surface area contributed by atoms with Gasteiger partial charge in [-0.25, -0.2) is 0 Å². The smallest absolute Gasteiger partial charge is 0.324 e. The molecule has 2 aromatic carbocycles. The second-order valence-electron chi connectivity index (χ2n) is 9.16. The zero-order valence-electron chi connectivity index (χ0n) is 22.0. The molecule has 0 fully saturated rings. The van der Waals surface area contributed by atoms with E-state index in [1.165, 1.54) is 0 Å². The average molecular weight is 572 g/mol. The summed E-state index contributed by atoms with van der Waals surface area (Å²) in [5, 5.41) is 14.4. The van der Waals surface area contributed by atoms with E-state index >= 15 is 0 Å². The van der Waals surface area contributed by atoms with E-state index in [4.69, 9.17) is 20.9 Å². The quantitative estimate of drug-likeness (QED) is 0.199. The third kappa shape index (κ3) is 7.80. The zero-order chi connectivity index (χ0) is 27.7. The first-order valence-electron chi connectivity index (χ1n) is 13.2. The molecule has 0 bridgehead atoms. The Kier molecular flexibility index (Phi) is 10.4. The van der Waals surface area contributed by atoms with Gasteiger partial charge in [-0.2, -0.15) is 15.4 Å². The summed E-state index contributed by atoms with van der Waals surface area (Å²) in [5.41, 5.74) is 4.89. The van der Waals surface area contributed by atoms with Gasteiger partial charge >= 0.3 is 6.72 Å². The topological polar surface area (TPSA) is 130 Å². The van der Waals surface area contributed by atoms with Crippen molar-refractivity contribution in [3.8, 4) is 22.5 Å². The molecule has 0 spiro atoms. The van der Waals surface area contributed by atoms with Gasteiger partial charge in [0.2, 0.25) is 11.8 Å². The number of nitrogens with zero attached hydrogens (tertiary/aromatic N) is 3. The lowest BCUT2D eigenvalue weighted by Gasteiger charge is -2.28. The maximum absolute atomic E-state index is 13.4. The first kappa shape index (κ1) is 29.0. The molecule has 39 heavy (non-hydrogen) atoms. The van der Waals surface area contributed by atoms with Gasteiger partial charge in [0.15, 0.2) is 0 Å². The highest BCUT2D eigenvalue weighted by Crippen LogP contribution is 2.43. The molecule has 2 amide bonds. The number of H-pyrrole nitrogens is 1. The molecule has 1 unspecified atom stereocenters. The number of para-hydroxylation sites is 1. The van der Waals surface area contributed by atoms with Gasteiger partial charge in [0, 0.05) is 30.5 Å². The minimum atomic E-state index is -3.11. The Labute approximate surface area is 233 Å². The molecular weight excluding hydrogens is 537 g/mol. The molecule has 4 rings (SSSR count). The van der Waals surface area contributed by atoms with E-state index < -0.39 is 6.72 Å². The molecule has 0 saturated carbocycles. The largest absolute Gasteiger partial charge is 0.356 e. The molecule has 208 valence electrons. The van der Waals surface area contributed by atoms with Crippen LogP contribution in [-0.2, 0) is 37.0 Å². The van der Waals surface area contributed by atoms with Crippen LogP contribution >= 0.6 is 6.72 Å². The average Bonchev–Trinajstić information content (AvgIpc) is 3.40. The van der Waals surface area contributed by atoms with Crippen molar-refractivity contribution in [1.82, 2.24) is 20.7 Å². The van der Waals surface area contributed by atoms with Crippen LogP contribution in [0, 0.1) is 0 Å². The summed E-state index contributed by atoms with van der Waals surface area (Å²) < 4.78 is 10.2. The Hall–Kier alpha value is -2.95. The number of nitrogens with one attached hydrogen (secondary N) is 2. The molecule has 3 N–H and O–H groups in total. The van der Waals surface area contributed by atoms with Crippen molar-refractivity contribution in [1.29, 1.82) is 0 Å². The van der Waals surface area contributed by atoms with Crippen LogP contribution in [0.4, 0.5) is 5.69 Å². The van der Waals surface area contributed by atoms with Gasteiger partial charge in [0.1, 0.15) is 11.4 Å². The van der Waals surface area contributed by atoms with Gasteiger partial charge in [0.25, 0.3) is 0 Å². The number of hydrogen-bond acceptors (Lipinski definition) is 7. The van der Waals surface area contributed by atoms with Crippen LogP contribution in [0.2, 0.25) is 0 Å². The molecular formula is C27H34N5O5PS. The van der Waals surface area contributed by atoms with Crippen molar-refractivity contribution in [2.24, 2.45) is 0 Å². The van der Waals surface area contributed by atoms with Gasteiger partial charge in [0.05, 0.1) is 25.4 Å². The van der Waals surface area contributed by atoms with Crippen molar-refractivity contribution in [3.05, 3.63) is 54.1 Å². The highest BCUT2D eigenvalue weighted by molar-refractivity contribution is 8.07. The second kappa shape index (κ2) is 13.9. The van der Waals surface area contributed by atoms with E-state index in [0.29, 0.717) is 32.0 Å². The Balaban J connectivity index is 1.27. The molecule has 0 radical (unpaired) electrons. The minimum Gasteiger partial charge on any atom is -0.356 e. The molecule has 1 aromatic heterocycles. The number of fused-ring (bicyclic) bond motifs is 5. The van der Waals surface area contributed by atoms with Crippen LogP contribution in [0.5, 0.6) is 0 Å². The van der Waals surface area contributed by atoms with Gasteiger partial charge in [-0.3, -0.25) is 9.59 Å². The monoisotopic (exact) mass is 571 g/mol. The summed E-state index contributed by atoms with van der Waals surface area (Å²) in [6.45, 7) is 0.240. The van der Waals surface area contributed by atoms with Crippen molar-refractivity contribution >= 4 is 36.0 Å². The zero-order valence-corrected chi connectivity index (χ0v) is 23.7. The van der Waals surface area contributed by atoms with Gasteiger partial charge in [-0.1, -0.05) is 55.3 Å². The number of hydrogen-bond donors (Lipinski definition) is 3. The van der Waals surface area contributed by atoms with Crippen LogP contribution < -0.4 is 10.2 Å². The predicted molar refractivity (Wildman–Crippen MR) is 153 cm³/mol. The lowest BCUT2D eigenvalue weighted by Crippen LogP contribution is -2.33. The van der Waals surface area contributed by atoms with Crippen LogP contribution in [0.1, 0.15) is 51.0 Å². The molecule has 0 saturated heterocycles. The third-order valence-electron chi connectivity index (χ3n) is 6.41. The fourth-order valence-electron chi connectivity index (χ4n) is 4.52. The normalized spacial score (nSPS) is 13.8. The number of carbonyl (C=O) groups is 2. The first-order chi connectivity index (χ1) is 18.9. The highest BCUT2D eigenvalue weighted by atomic mass is 32.5. The molecule has 3 aromatic rings. The van der Waals surface area contributed by atoms with Crippen LogP contribution in [0.25, 0.3) is 22.5 Å². The number of aromatic amines is 1. The maximum Gasteiger partial charge on any atom is 0.324 e. The molecule has 1 aliphatic rings. The first-order valence-corrected chi connectivity index (χ1v) is 15.8. The summed E-state index contributed by atoms with van der Waals surface area (Å²) in [4.78, 5) is 37.4. The SMILES string of the molecule is CCOP(O)(=S)OCCCCCCNC(=O)CCC(=O)N1Cc2ccccc2-c2n[nH]nc2-c2ccccc21. The molecule has 10 nitrogen and oxygen atoms in total. The molecule has 1 atom stereocenters. The Bertz CT molecular complexity index is 1330. The Morgan fingerprint density at radius 2 is 1.69 bits per heavy atom. The van der Waals surface area contributed by atoms with Crippen molar-refractivity contribution < 1.29 is 23.5 Å². The summed E-state index contributed by atoms with van der Waals surface area (Å²) in [6.07, 6.45) is 3.57. The fraction of sp³-hybridized carbons (Fsp3) is 0.407. The fourth-order valence-corrected chi connectivity index (χ4v) is 5.82. The number of benzene rings is 2. The lowest BCUT2D eigenvalue weighted by atomic mass is 9.95. The van der Waals surface area contributed by atoms with Crippen molar-refractivity contribution in [2.75, 3.05) is 24.7 Å². The van der Waals surface area contributed by atoms with E-state index in [1.54, 1.807) is 11.8 Å². The standard InChI is InChI=1S/C27H34N5O5PS/c1-2-36-38(35,39)37-18-10-4-3-9-17-28-24(33)15-16-25(34)32-19-20-11-5-6-12-21(20)26-27(30-31-29-26)22-13-7-8-14-23(22)32/h5-8,11-14H,2-4,9-10,15-19H2,1H3,(H,28,33)(H,35,39)(H,29,30,31). The van der Waals surface area contributed by atoms with Crippen LogP contribution in [0.3, 0.4) is 0 Å². The number of aromatic nitrogens is 3. The van der Waals surface area contributed by atoms with E-state index in [2.05, 4.69) is 20.7 Å². The number of anilines is 1. The van der Waals surface area contributed by atoms with Gasteiger partial charge in [-0.05, 0) is 43.2 Å². The summed E-state index contributed by atoms with van der Waals surface area (Å²) >= 11 is 4.88. The maximum atomic E-state index is 13.4. The van der Waals surface area contributed by atoms with Crippen LogP contribution in [-0.4, -0.2) is 51.9 Å². The number of carbonyl (C=O) groups excluding carboxylic acids is 2. The van der Waals surface area contributed by atoms with Crippen molar-refractivity contribution in [2.45, 2.75) is 52.0 Å². The lowest BCUT2D eigenvalue weighted by molar-refractivity contribution is -0.125. The molecule has 12 heteroatoms. The molecule has 1 aliphatic heterocycles. The van der Waals surface area contributed by atoms with E-state index in [0.717, 1.165) is 53.8 Å². The van der Waals surface area contributed by atoms with Gasteiger partial charge < -0.3 is 24.2 Å². The second-order valence-corrected chi connectivity index (χ2v) is 12.0. The number of rotatable bonds is 13. The summed E-state index contributed by atoms with van der Waals surface area (Å²) in [5.74, 6) is -0.278. The van der Waals surface area contributed by atoms with E-state index in [-0.39, 0.29) is 24.7 Å². The molecule has 2 heterocycles. The predicted octanol–water partition coefficient (Wildman–Crippen LogP) is 4.71. The highest BCUT2D eigenvalue weighted by Gasteiger charge is 2.27. The third-order valence-corrected chi connectivity index (χ3v) is 8.13. The summed E-state index contributed by atoms with van der Waals surface area (Å²) in [6, 6.07) is 15.5. The summed E-state index contributed by atoms with van der Waals surface area (Å²) in [7, 11) is 0. The van der Waals surface area contributed by atoms with E-state index in [1.807, 2.05) is 48.5 Å². The minimum absolute atomic E-state index is 0.0955. The molecule has 0 aliphatic carbocycles. The van der Waals surface area contributed by atoms with Crippen molar-refractivity contribution in [3.63, 3.8) is 0 Å². The Morgan fingerprint density at radius 3 is 2.49 bits per heavy atom. The van der Waals surface area contributed by atoms with Crippen LogP contribution in [0.15, 0.2) is 48.5 Å². The Morgan fingerprint density at radius 1 is 1.00 bits per heavy atom. The number of amides is 2. The number of unbranched alkanes of at least 4 members (excludes halogenated alkanes) is 3.